The summed E-state index contributed by atoms with van der Waals surface area (Å²) in [4.78, 5) is 51.2. The summed E-state index contributed by atoms with van der Waals surface area (Å²) in [6.45, 7) is 7.12. The molecule has 2 aliphatic rings. The second kappa shape index (κ2) is 23.5. The largest absolute Gasteiger partial charge is 0.423 e. The number of esters is 4. The van der Waals surface area contributed by atoms with Gasteiger partial charge in [0.1, 0.15) is 23.0 Å². The number of carbonyl (C=O) groups is 4. The molecule has 8 heteroatoms. The Bertz CT molecular complexity index is 5960. The van der Waals surface area contributed by atoms with E-state index in [1.165, 1.54) is 41.0 Å². The maximum atomic E-state index is 13.4. The molecule has 15 aromatic carbocycles. The highest BCUT2D eigenvalue weighted by molar-refractivity contribution is 6.08. The Labute approximate surface area is 563 Å². The van der Waals surface area contributed by atoms with Crippen LogP contribution in [0.25, 0.3) is 97.7 Å². The van der Waals surface area contributed by atoms with Crippen LogP contribution in [-0.4, -0.2) is 23.9 Å². The van der Waals surface area contributed by atoms with Crippen molar-refractivity contribution in [1.29, 1.82) is 0 Å². The first-order valence-electron chi connectivity index (χ1n) is 32.4. The van der Waals surface area contributed by atoms with Gasteiger partial charge in [0.15, 0.2) is 0 Å². The smallest absolute Gasteiger partial charge is 0.336 e. The molecule has 98 heavy (non-hydrogen) atoms. The van der Waals surface area contributed by atoms with Crippen LogP contribution in [0.3, 0.4) is 0 Å². The summed E-state index contributed by atoms with van der Waals surface area (Å²) in [7, 11) is 0. The molecule has 17 rings (SSSR count). The first-order chi connectivity index (χ1) is 48.0. The minimum absolute atomic E-state index is 0.364. The third kappa shape index (κ3) is 9.60. The van der Waals surface area contributed by atoms with Crippen LogP contribution < -0.4 is 18.9 Å². The highest BCUT2D eigenvalue weighted by Gasteiger charge is 2.50. The molecule has 0 bridgehead atoms. The van der Waals surface area contributed by atoms with Gasteiger partial charge in [0.2, 0.25) is 0 Å². The van der Waals surface area contributed by atoms with E-state index in [1.807, 2.05) is 60.7 Å². The van der Waals surface area contributed by atoms with Crippen molar-refractivity contribution in [3.63, 3.8) is 0 Å². The Morgan fingerprint density at radius 1 is 0.265 bits per heavy atom. The molecule has 0 aromatic heterocycles. The minimum Gasteiger partial charge on any atom is -0.423 e. The quantitative estimate of drug-likeness (QED) is 0.0486. The minimum atomic E-state index is -0.820. The van der Waals surface area contributed by atoms with E-state index < -0.39 is 34.7 Å². The zero-order valence-electron chi connectivity index (χ0n) is 52.7. The van der Waals surface area contributed by atoms with Gasteiger partial charge in [-0.15, -0.1) is 0 Å². The number of carbonyl (C=O) groups excluding carboxylic acids is 4. The first kappa shape index (κ1) is 58.8. The Balaban J connectivity index is 0.643. The van der Waals surface area contributed by atoms with Crippen molar-refractivity contribution < 1.29 is 38.1 Å². The predicted molar refractivity (Wildman–Crippen MR) is 391 cm³/mol. The molecule has 2 aliphatic carbocycles. The summed E-state index contributed by atoms with van der Waals surface area (Å²) in [6.07, 6.45) is 7.76. The van der Waals surface area contributed by atoms with Crippen LogP contribution in [-0.2, 0) is 30.0 Å². The molecule has 15 aromatic rings. The van der Waals surface area contributed by atoms with Gasteiger partial charge >= 0.3 is 23.9 Å². The van der Waals surface area contributed by atoms with Gasteiger partial charge < -0.3 is 18.9 Å². The second-order valence-corrected chi connectivity index (χ2v) is 24.9. The standard InChI is InChI=1S/C90H56O8/c1-3-82(91)95-70-40-29-58-47-66(36-25-62(58)51-70)89(81-22-12-11-21-77(81)78-44-33-55-15-5-8-18-74(55)86(78)89)67-37-26-63-53-72(42-31-59(63)48-67)97-84(93)23-13-14-24-85(94)98-73-43-32-61-50-69(39-28-65(61)54-73)90(68-38-27-64-52-71(96-83(92)4-2)41-30-60(64)49-68)87-75-19-9-6-16-56(75)34-45-79(87)80-46-35-57-17-7-10-20-76(57)88(80)90/h3-54H,1-2H2/b23-13+,24-14+. The molecule has 0 radical (unpaired) electrons. The molecule has 0 spiro atoms. The molecule has 0 aliphatic heterocycles. The van der Waals surface area contributed by atoms with E-state index in [2.05, 4.69) is 219 Å². The Hall–Kier alpha value is -13.0. The average molecular weight is 1270 g/mol. The number of benzene rings is 15. The number of hydrogen-bond acceptors (Lipinski definition) is 8. The van der Waals surface area contributed by atoms with Crippen LogP contribution in [0.4, 0.5) is 0 Å². The molecule has 0 heterocycles. The second-order valence-electron chi connectivity index (χ2n) is 24.9. The fourth-order valence-electron chi connectivity index (χ4n) is 15.5. The van der Waals surface area contributed by atoms with Crippen molar-refractivity contribution in [2.24, 2.45) is 0 Å². The van der Waals surface area contributed by atoms with Gasteiger partial charge in [-0.25, -0.2) is 19.2 Å². The lowest BCUT2D eigenvalue weighted by molar-refractivity contribution is -0.130. The monoisotopic (exact) mass is 1260 g/mol. The Morgan fingerprint density at radius 3 is 0.929 bits per heavy atom. The van der Waals surface area contributed by atoms with E-state index >= 15 is 0 Å². The van der Waals surface area contributed by atoms with E-state index in [0.29, 0.717) is 23.0 Å². The summed E-state index contributed by atoms with van der Waals surface area (Å²) in [5.74, 6) is -0.659. The number of rotatable bonds is 13. The normalized spacial score (nSPS) is 14.2. The molecular weight excluding hydrogens is 1210 g/mol. The van der Waals surface area contributed by atoms with Crippen LogP contribution in [0.1, 0.15) is 44.5 Å². The fourth-order valence-corrected chi connectivity index (χ4v) is 15.5. The van der Waals surface area contributed by atoms with Gasteiger partial charge in [-0.1, -0.05) is 232 Å². The van der Waals surface area contributed by atoms with Gasteiger partial charge in [-0.3, -0.25) is 0 Å². The van der Waals surface area contributed by atoms with E-state index in [0.717, 1.165) is 138 Å². The van der Waals surface area contributed by atoms with Gasteiger partial charge in [0.05, 0.1) is 10.8 Å². The highest BCUT2D eigenvalue weighted by Crippen LogP contribution is 2.62. The highest BCUT2D eigenvalue weighted by atomic mass is 16.5. The summed E-state index contributed by atoms with van der Waals surface area (Å²) >= 11 is 0. The van der Waals surface area contributed by atoms with Crippen molar-refractivity contribution >= 4 is 99.3 Å². The molecule has 1 unspecified atom stereocenters. The molecule has 0 amide bonds. The Kier molecular flexibility index (Phi) is 14.1. The van der Waals surface area contributed by atoms with Crippen molar-refractivity contribution in [2.75, 3.05) is 0 Å². The zero-order chi connectivity index (χ0) is 66.2. The van der Waals surface area contributed by atoms with Gasteiger partial charge in [0.25, 0.3) is 0 Å². The molecule has 0 N–H and O–H groups in total. The lowest BCUT2D eigenvalue weighted by atomic mass is 9.65. The van der Waals surface area contributed by atoms with E-state index in [1.54, 1.807) is 12.1 Å². The van der Waals surface area contributed by atoms with Crippen molar-refractivity contribution in [3.8, 4) is 45.3 Å². The molecular formula is C90H56O8. The summed E-state index contributed by atoms with van der Waals surface area (Å²) in [5, 5.41) is 14.3. The third-order valence-corrected chi connectivity index (χ3v) is 19.6. The third-order valence-electron chi connectivity index (χ3n) is 19.6. The zero-order valence-corrected chi connectivity index (χ0v) is 52.7. The number of ether oxygens (including phenoxy) is 4. The van der Waals surface area contributed by atoms with Crippen LogP contribution in [0, 0.1) is 0 Å². The van der Waals surface area contributed by atoms with E-state index in [4.69, 9.17) is 18.9 Å². The SMILES string of the molecule is C=CC(=O)Oc1ccc2cc(C3(c4ccc5cc(OC(=O)/C=C/C=C/C(=O)Oc6ccc7cc(C8(c9ccc%10cc(OC(=O)C=C)ccc%10c9)c9c(ccc%10ccccc9%10)-c9ccc%10ccccc%10c98)ccc7c6)ccc5c4)c4ccccc4-c4ccc5ccccc5c43)ccc2c1. The number of fused-ring (bicyclic) bond motifs is 16. The lowest BCUT2D eigenvalue weighted by Gasteiger charge is -2.36. The van der Waals surface area contributed by atoms with Crippen molar-refractivity contribution in [3.05, 3.63) is 373 Å². The van der Waals surface area contributed by atoms with Gasteiger partial charge in [-0.2, -0.15) is 0 Å². The molecule has 8 nitrogen and oxygen atoms in total. The number of hydrogen-bond donors (Lipinski definition) is 0. The van der Waals surface area contributed by atoms with Crippen molar-refractivity contribution in [2.45, 2.75) is 10.8 Å². The van der Waals surface area contributed by atoms with Crippen LogP contribution in [0.2, 0.25) is 0 Å². The van der Waals surface area contributed by atoms with Crippen LogP contribution >= 0.6 is 0 Å². The fraction of sp³-hybridized carbons (Fsp3) is 0.0222. The van der Waals surface area contributed by atoms with Crippen LogP contribution in [0.15, 0.2) is 329 Å². The summed E-state index contributed by atoms with van der Waals surface area (Å²) in [5.41, 5.74) is 12.1. The average Bonchev–Trinajstić information content (AvgIpc) is 1.51. The van der Waals surface area contributed by atoms with E-state index in [-0.39, 0.29) is 0 Å². The molecule has 0 fully saturated rings. The molecule has 1 atom stereocenters. The maximum absolute atomic E-state index is 13.4. The maximum Gasteiger partial charge on any atom is 0.336 e. The lowest BCUT2D eigenvalue weighted by Crippen LogP contribution is -2.29. The summed E-state index contributed by atoms with van der Waals surface area (Å²) < 4.78 is 22.8. The number of allylic oxidation sites excluding steroid dienone is 2. The van der Waals surface area contributed by atoms with Crippen molar-refractivity contribution in [1.82, 2.24) is 0 Å². The molecule has 464 valence electrons. The first-order valence-corrected chi connectivity index (χ1v) is 32.4. The molecule has 0 saturated carbocycles. The van der Waals surface area contributed by atoms with Gasteiger partial charge in [0, 0.05) is 24.3 Å². The summed E-state index contributed by atoms with van der Waals surface area (Å²) in [6, 6.07) is 96.5. The van der Waals surface area contributed by atoms with E-state index in [9.17, 15) is 19.2 Å². The Morgan fingerprint density at radius 2 is 0.551 bits per heavy atom. The van der Waals surface area contributed by atoms with Crippen LogP contribution in [0.5, 0.6) is 23.0 Å². The van der Waals surface area contributed by atoms with Gasteiger partial charge in [-0.05, 0) is 215 Å². The molecule has 0 saturated heterocycles. The predicted octanol–water partition coefficient (Wildman–Crippen LogP) is 20.3. The topological polar surface area (TPSA) is 105 Å².